The molecule has 0 atom stereocenters. The SMILES string of the molecule is CCOc1ccc(-c2ccc(C=O)s2)cc1C. The van der Waals surface area contributed by atoms with Gasteiger partial charge in [0.15, 0.2) is 6.29 Å². The zero-order chi connectivity index (χ0) is 12.3. The van der Waals surface area contributed by atoms with Crippen LogP contribution in [-0.4, -0.2) is 12.9 Å². The van der Waals surface area contributed by atoms with Crippen molar-refractivity contribution < 1.29 is 9.53 Å². The Morgan fingerprint density at radius 3 is 2.71 bits per heavy atom. The van der Waals surface area contributed by atoms with Gasteiger partial charge >= 0.3 is 0 Å². The molecule has 0 aliphatic carbocycles. The number of rotatable bonds is 4. The number of carbonyl (C=O) groups is 1. The highest BCUT2D eigenvalue weighted by molar-refractivity contribution is 7.17. The van der Waals surface area contributed by atoms with Crippen LogP contribution in [0, 0.1) is 6.92 Å². The molecular weight excluding hydrogens is 232 g/mol. The summed E-state index contributed by atoms with van der Waals surface area (Å²) in [4.78, 5) is 12.5. The molecule has 0 saturated carbocycles. The minimum absolute atomic E-state index is 0.675. The maximum atomic E-state index is 10.6. The summed E-state index contributed by atoms with van der Waals surface area (Å²) in [5.41, 5.74) is 2.24. The molecule has 3 heteroatoms. The quantitative estimate of drug-likeness (QED) is 0.764. The van der Waals surface area contributed by atoms with Crippen molar-refractivity contribution in [2.75, 3.05) is 6.61 Å². The molecule has 0 amide bonds. The third-order valence-corrected chi connectivity index (χ3v) is 3.56. The van der Waals surface area contributed by atoms with Crippen molar-refractivity contribution in [1.29, 1.82) is 0 Å². The van der Waals surface area contributed by atoms with Gasteiger partial charge in [-0.25, -0.2) is 0 Å². The maximum absolute atomic E-state index is 10.6. The number of aryl methyl sites for hydroxylation is 1. The molecule has 2 rings (SSSR count). The molecule has 0 bridgehead atoms. The van der Waals surface area contributed by atoms with E-state index in [9.17, 15) is 4.79 Å². The average Bonchev–Trinajstić information content (AvgIpc) is 2.80. The van der Waals surface area contributed by atoms with Gasteiger partial charge in [0.2, 0.25) is 0 Å². The van der Waals surface area contributed by atoms with E-state index in [0.717, 1.165) is 32.9 Å². The van der Waals surface area contributed by atoms with Crippen molar-refractivity contribution in [3.05, 3.63) is 40.8 Å². The molecule has 1 aromatic heterocycles. The minimum Gasteiger partial charge on any atom is -0.494 e. The van der Waals surface area contributed by atoms with Crippen molar-refractivity contribution >= 4 is 17.6 Å². The summed E-state index contributed by atoms with van der Waals surface area (Å²) < 4.78 is 5.50. The Hall–Kier alpha value is -1.61. The monoisotopic (exact) mass is 246 g/mol. The summed E-state index contributed by atoms with van der Waals surface area (Å²) in [5, 5.41) is 0. The molecule has 0 aliphatic heterocycles. The Labute approximate surface area is 105 Å². The van der Waals surface area contributed by atoms with Crippen LogP contribution in [0.5, 0.6) is 5.75 Å². The van der Waals surface area contributed by atoms with E-state index in [1.54, 1.807) is 0 Å². The molecule has 0 saturated heterocycles. The Morgan fingerprint density at radius 1 is 1.29 bits per heavy atom. The Balaban J connectivity index is 2.33. The average molecular weight is 246 g/mol. The van der Waals surface area contributed by atoms with E-state index in [2.05, 4.69) is 6.07 Å². The van der Waals surface area contributed by atoms with Crippen molar-refractivity contribution in [3.63, 3.8) is 0 Å². The molecule has 0 radical (unpaired) electrons. The topological polar surface area (TPSA) is 26.3 Å². The van der Waals surface area contributed by atoms with Crippen LogP contribution in [0.15, 0.2) is 30.3 Å². The van der Waals surface area contributed by atoms with Gasteiger partial charge in [-0.1, -0.05) is 0 Å². The summed E-state index contributed by atoms with van der Waals surface area (Å²) in [6.45, 7) is 4.68. The van der Waals surface area contributed by atoms with Gasteiger partial charge in [-0.3, -0.25) is 4.79 Å². The van der Waals surface area contributed by atoms with Gasteiger partial charge in [-0.15, -0.1) is 11.3 Å². The van der Waals surface area contributed by atoms with Crippen molar-refractivity contribution in [1.82, 2.24) is 0 Å². The summed E-state index contributed by atoms with van der Waals surface area (Å²) >= 11 is 1.51. The van der Waals surface area contributed by atoms with E-state index < -0.39 is 0 Å². The number of hydrogen-bond donors (Lipinski definition) is 0. The number of carbonyl (C=O) groups excluding carboxylic acids is 1. The highest BCUT2D eigenvalue weighted by Gasteiger charge is 2.05. The van der Waals surface area contributed by atoms with Gasteiger partial charge in [-0.2, -0.15) is 0 Å². The Kier molecular flexibility index (Phi) is 3.59. The molecule has 0 aliphatic rings. The second-order valence-electron chi connectivity index (χ2n) is 3.73. The van der Waals surface area contributed by atoms with Gasteiger partial charge in [0, 0.05) is 4.88 Å². The summed E-state index contributed by atoms with van der Waals surface area (Å²) in [6, 6.07) is 9.92. The van der Waals surface area contributed by atoms with Gasteiger partial charge < -0.3 is 4.74 Å². The summed E-state index contributed by atoms with van der Waals surface area (Å²) in [5.74, 6) is 0.920. The predicted octanol–water partition coefficient (Wildman–Crippen LogP) is 3.93. The first-order valence-electron chi connectivity index (χ1n) is 5.53. The molecular formula is C14H14O2S. The van der Waals surface area contributed by atoms with Gasteiger partial charge in [0.05, 0.1) is 11.5 Å². The number of thiophene rings is 1. The number of benzene rings is 1. The highest BCUT2D eigenvalue weighted by atomic mass is 32.1. The summed E-state index contributed by atoms with van der Waals surface area (Å²) in [6.07, 6.45) is 0.885. The van der Waals surface area contributed by atoms with Crippen molar-refractivity contribution in [2.45, 2.75) is 13.8 Å². The largest absolute Gasteiger partial charge is 0.494 e. The predicted molar refractivity (Wildman–Crippen MR) is 71.0 cm³/mol. The second-order valence-corrected chi connectivity index (χ2v) is 4.85. The van der Waals surface area contributed by atoms with Crippen molar-refractivity contribution in [3.8, 4) is 16.2 Å². The normalized spacial score (nSPS) is 10.2. The zero-order valence-corrected chi connectivity index (χ0v) is 10.7. The minimum atomic E-state index is 0.675. The fourth-order valence-corrected chi connectivity index (χ4v) is 2.51. The van der Waals surface area contributed by atoms with Crippen LogP contribution in [0.3, 0.4) is 0 Å². The molecule has 1 aromatic carbocycles. The van der Waals surface area contributed by atoms with E-state index >= 15 is 0 Å². The molecule has 17 heavy (non-hydrogen) atoms. The Morgan fingerprint density at radius 2 is 2.12 bits per heavy atom. The van der Waals surface area contributed by atoms with Gasteiger partial charge in [-0.05, 0) is 55.3 Å². The van der Waals surface area contributed by atoms with Crippen LogP contribution in [0.1, 0.15) is 22.2 Å². The molecule has 0 N–H and O–H groups in total. The van der Waals surface area contributed by atoms with Crippen LogP contribution < -0.4 is 4.74 Å². The van der Waals surface area contributed by atoms with Crippen LogP contribution in [-0.2, 0) is 0 Å². The lowest BCUT2D eigenvalue weighted by Crippen LogP contribution is -1.93. The zero-order valence-electron chi connectivity index (χ0n) is 9.90. The van der Waals surface area contributed by atoms with Gasteiger partial charge in [0.25, 0.3) is 0 Å². The lowest BCUT2D eigenvalue weighted by molar-refractivity contribution is 0.112. The van der Waals surface area contributed by atoms with Crippen LogP contribution in [0.4, 0.5) is 0 Å². The number of aldehydes is 1. The first kappa shape index (κ1) is 11.9. The third-order valence-electron chi connectivity index (χ3n) is 2.50. The van der Waals surface area contributed by atoms with Crippen LogP contribution in [0.2, 0.25) is 0 Å². The third kappa shape index (κ3) is 2.56. The fraction of sp³-hybridized carbons (Fsp3) is 0.214. The van der Waals surface area contributed by atoms with E-state index in [0.29, 0.717) is 6.61 Å². The maximum Gasteiger partial charge on any atom is 0.160 e. The van der Waals surface area contributed by atoms with Crippen molar-refractivity contribution in [2.24, 2.45) is 0 Å². The molecule has 0 spiro atoms. The van der Waals surface area contributed by atoms with E-state index in [-0.39, 0.29) is 0 Å². The fourth-order valence-electron chi connectivity index (χ4n) is 1.69. The smallest absolute Gasteiger partial charge is 0.160 e. The standard InChI is InChI=1S/C14H14O2S/c1-3-16-13-6-4-11(8-10(13)2)14-7-5-12(9-15)17-14/h4-9H,3H2,1-2H3. The highest BCUT2D eigenvalue weighted by Crippen LogP contribution is 2.30. The molecule has 0 unspecified atom stereocenters. The lowest BCUT2D eigenvalue weighted by atomic mass is 10.1. The first-order valence-corrected chi connectivity index (χ1v) is 6.35. The molecule has 88 valence electrons. The first-order chi connectivity index (χ1) is 8.24. The molecule has 2 nitrogen and oxygen atoms in total. The van der Waals surface area contributed by atoms with Gasteiger partial charge in [0.1, 0.15) is 5.75 Å². The van der Waals surface area contributed by atoms with E-state index in [1.165, 1.54) is 11.3 Å². The molecule has 0 fully saturated rings. The van der Waals surface area contributed by atoms with Crippen LogP contribution in [0.25, 0.3) is 10.4 Å². The lowest BCUT2D eigenvalue weighted by Gasteiger charge is -2.08. The molecule has 1 heterocycles. The summed E-state index contributed by atoms with van der Waals surface area (Å²) in [7, 11) is 0. The second kappa shape index (κ2) is 5.15. The van der Waals surface area contributed by atoms with E-state index in [4.69, 9.17) is 4.74 Å². The Bertz CT molecular complexity index is 529. The van der Waals surface area contributed by atoms with E-state index in [1.807, 2.05) is 38.1 Å². The number of ether oxygens (including phenoxy) is 1. The van der Waals surface area contributed by atoms with Crippen LogP contribution >= 0.6 is 11.3 Å². The number of hydrogen-bond acceptors (Lipinski definition) is 3. The molecule has 2 aromatic rings.